The molecule has 10 rings (SSSR count). The Morgan fingerprint density at radius 1 is 0.392 bits per heavy atom. The highest BCUT2D eigenvalue weighted by molar-refractivity contribution is 6.13. The van der Waals surface area contributed by atoms with E-state index in [9.17, 15) is 5.48 Å². The lowest BCUT2D eigenvalue weighted by Gasteiger charge is -2.26. The van der Waals surface area contributed by atoms with E-state index < -0.39 is 101 Å². The minimum absolute atomic E-state index is 0.172. The Labute approximate surface area is 313 Å². The number of rotatable bonds is 6. The Kier molecular flexibility index (Phi) is 4.40. The molecule has 0 aliphatic heterocycles. The summed E-state index contributed by atoms with van der Waals surface area (Å²) in [6, 6.07) is 24.7. The van der Waals surface area contributed by atoms with Gasteiger partial charge in [0.05, 0.1) is 28.9 Å². The lowest BCUT2D eigenvalue weighted by molar-refractivity contribution is 0.669. The maximum absolute atomic E-state index is 9.56. The van der Waals surface area contributed by atoms with Crippen LogP contribution in [0.1, 0.15) is 17.8 Å². The van der Waals surface area contributed by atoms with Gasteiger partial charge in [0.15, 0.2) is 0 Å². The summed E-state index contributed by atoms with van der Waals surface area (Å²) in [6.45, 7) is 0. The SMILES string of the molecule is [2H]c1c([2H])c([2H])c(-c2c([2H])c([2H])c(-c3c([2H])c([2H])c(N(c4ccc(-c5cccc6c5oc5ccccc56)cc4)c4cccc5oc6ccccc6c45)c([2H])c3[2H])c([2H])c2[2H])c([2H])c1[2H]. The van der Waals surface area contributed by atoms with Gasteiger partial charge in [-0.25, -0.2) is 0 Å². The first-order valence-corrected chi connectivity index (χ1v) is 16.2. The molecule has 0 aliphatic rings. The van der Waals surface area contributed by atoms with Crippen LogP contribution in [0.25, 0.3) is 77.3 Å². The van der Waals surface area contributed by atoms with Gasteiger partial charge < -0.3 is 13.7 Å². The van der Waals surface area contributed by atoms with E-state index in [1.165, 1.54) is 0 Å². The minimum atomic E-state index is -0.783. The van der Waals surface area contributed by atoms with Crippen LogP contribution in [0, 0.1) is 0 Å². The van der Waals surface area contributed by atoms with Gasteiger partial charge in [-0.3, -0.25) is 0 Å². The van der Waals surface area contributed by atoms with Crippen molar-refractivity contribution in [3.05, 3.63) is 188 Å². The van der Waals surface area contributed by atoms with Crippen molar-refractivity contribution in [2.75, 3.05) is 4.90 Å². The largest absolute Gasteiger partial charge is 0.456 e. The normalized spacial score (nSPS) is 15.1. The first-order valence-electron chi connectivity index (χ1n) is 22.7. The predicted octanol–water partition coefficient (Wildman–Crippen LogP) is 14.0. The van der Waals surface area contributed by atoms with Crippen molar-refractivity contribution >= 4 is 60.9 Å². The van der Waals surface area contributed by atoms with Gasteiger partial charge in [-0.05, 0) is 76.3 Å². The quantitative estimate of drug-likeness (QED) is 0.177. The van der Waals surface area contributed by atoms with Crippen molar-refractivity contribution in [3.63, 3.8) is 0 Å². The molecule has 0 N–H and O–H groups in total. The Morgan fingerprint density at radius 2 is 0.961 bits per heavy atom. The second kappa shape index (κ2) is 11.9. The molecule has 0 aliphatic carbocycles. The maximum Gasteiger partial charge on any atom is 0.143 e. The summed E-state index contributed by atoms with van der Waals surface area (Å²) in [7, 11) is 0. The fraction of sp³-hybridized carbons (Fsp3) is 0. The standard InChI is InChI=1S/C48H31NO2/c1-2-10-32(11-3-1)33-20-22-34(23-21-33)35-24-28-37(29-25-35)49(43-16-9-19-46-47(43)42-13-5-7-18-45(42)50-46)38-30-26-36(27-31-38)39-14-8-15-41-40-12-4-6-17-44(40)51-48(39)41/h1-31H/i1D,2D,3D,10D,11D,20D,21D,22D,23D,24D,25D,28D,29D. The smallest absolute Gasteiger partial charge is 0.143 e. The molecule has 2 aromatic heterocycles. The lowest BCUT2D eigenvalue weighted by Crippen LogP contribution is -2.10. The van der Waals surface area contributed by atoms with Crippen LogP contribution in [0.4, 0.5) is 17.1 Å². The summed E-state index contributed by atoms with van der Waals surface area (Å²) in [5.74, 6) is 0. The molecule has 0 spiro atoms. The summed E-state index contributed by atoms with van der Waals surface area (Å²) < 4.78 is 128. The van der Waals surface area contributed by atoms with Crippen molar-refractivity contribution in [2.24, 2.45) is 0 Å². The molecule has 0 unspecified atom stereocenters. The van der Waals surface area contributed by atoms with Crippen LogP contribution in [0.15, 0.2) is 197 Å². The molecule has 8 aromatic carbocycles. The average Bonchev–Trinajstić information content (AvgIpc) is 3.89. The third-order valence-electron chi connectivity index (χ3n) is 8.92. The van der Waals surface area contributed by atoms with Gasteiger partial charge in [0.2, 0.25) is 0 Å². The highest BCUT2D eigenvalue weighted by Crippen LogP contribution is 2.44. The molecule has 0 saturated carbocycles. The third kappa shape index (κ3) is 4.98. The molecule has 3 nitrogen and oxygen atoms in total. The molecule has 3 heteroatoms. The van der Waals surface area contributed by atoms with E-state index in [-0.39, 0.29) is 5.69 Å². The average molecular weight is 667 g/mol. The molecule has 51 heavy (non-hydrogen) atoms. The van der Waals surface area contributed by atoms with Crippen LogP contribution in [-0.4, -0.2) is 0 Å². The number of anilines is 3. The zero-order valence-corrected chi connectivity index (χ0v) is 26.7. The number of hydrogen-bond donors (Lipinski definition) is 0. The molecule has 0 radical (unpaired) electrons. The van der Waals surface area contributed by atoms with E-state index >= 15 is 0 Å². The predicted molar refractivity (Wildman–Crippen MR) is 212 cm³/mol. The number of benzene rings is 8. The van der Waals surface area contributed by atoms with Gasteiger partial charge in [0.1, 0.15) is 22.3 Å². The summed E-state index contributed by atoms with van der Waals surface area (Å²) in [6.07, 6.45) is 0. The van der Waals surface area contributed by atoms with Gasteiger partial charge >= 0.3 is 0 Å². The third-order valence-corrected chi connectivity index (χ3v) is 8.92. The number of fused-ring (bicyclic) bond motifs is 6. The van der Waals surface area contributed by atoms with E-state index in [0.29, 0.717) is 33.5 Å². The molecular weight excluding hydrogens is 623 g/mol. The van der Waals surface area contributed by atoms with Crippen LogP contribution in [-0.2, 0) is 0 Å². The maximum atomic E-state index is 9.56. The summed E-state index contributed by atoms with van der Waals surface area (Å²) >= 11 is 0. The van der Waals surface area contributed by atoms with Crippen LogP contribution in [0.2, 0.25) is 0 Å². The van der Waals surface area contributed by atoms with E-state index in [4.69, 9.17) is 21.2 Å². The fourth-order valence-electron chi connectivity index (χ4n) is 6.58. The highest BCUT2D eigenvalue weighted by atomic mass is 16.3. The van der Waals surface area contributed by atoms with Gasteiger partial charge in [0.25, 0.3) is 0 Å². The number of hydrogen-bond acceptors (Lipinski definition) is 3. The number of para-hydroxylation sites is 3. The fourth-order valence-corrected chi connectivity index (χ4v) is 6.58. The summed E-state index contributed by atoms with van der Waals surface area (Å²) in [4.78, 5) is 1.61. The Bertz CT molecular complexity index is 3530. The van der Waals surface area contributed by atoms with Gasteiger partial charge in [-0.2, -0.15) is 0 Å². The van der Waals surface area contributed by atoms with Gasteiger partial charge in [0, 0.05) is 33.1 Å². The monoisotopic (exact) mass is 666 g/mol. The van der Waals surface area contributed by atoms with E-state index in [2.05, 4.69) is 0 Å². The van der Waals surface area contributed by atoms with Gasteiger partial charge in [-0.15, -0.1) is 0 Å². The highest BCUT2D eigenvalue weighted by Gasteiger charge is 2.20. The van der Waals surface area contributed by atoms with Crippen molar-refractivity contribution in [1.82, 2.24) is 0 Å². The Morgan fingerprint density at radius 3 is 1.69 bits per heavy atom. The van der Waals surface area contributed by atoms with Crippen molar-refractivity contribution in [1.29, 1.82) is 0 Å². The minimum Gasteiger partial charge on any atom is -0.456 e. The lowest BCUT2D eigenvalue weighted by atomic mass is 9.99. The molecule has 2 heterocycles. The second-order valence-electron chi connectivity index (χ2n) is 11.9. The molecule has 240 valence electrons. The van der Waals surface area contributed by atoms with Crippen molar-refractivity contribution in [2.45, 2.75) is 0 Å². The molecule has 0 bridgehead atoms. The molecule has 0 atom stereocenters. The number of furan rings is 2. The Hall–Kier alpha value is -6.84. The van der Waals surface area contributed by atoms with Crippen LogP contribution >= 0.6 is 0 Å². The topological polar surface area (TPSA) is 29.5 Å². The second-order valence-corrected chi connectivity index (χ2v) is 11.9. The van der Waals surface area contributed by atoms with Crippen LogP contribution in [0.3, 0.4) is 0 Å². The van der Waals surface area contributed by atoms with Gasteiger partial charge in [-0.1, -0.05) is 139 Å². The molecule has 0 saturated heterocycles. The Balaban J connectivity index is 1.19. The molecule has 10 aromatic rings. The van der Waals surface area contributed by atoms with Crippen molar-refractivity contribution < 1.29 is 26.7 Å². The van der Waals surface area contributed by atoms with E-state index in [1.54, 1.807) is 35.2 Å². The zero-order valence-electron chi connectivity index (χ0n) is 39.7. The first-order chi connectivity index (χ1) is 30.7. The molecule has 0 amide bonds. The zero-order chi connectivity index (χ0) is 45.0. The molecule has 0 fully saturated rings. The summed E-state index contributed by atoms with van der Waals surface area (Å²) in [5, 5.41) is 3.30. The van der Waals surface area contributed by atoms with Crippen LogP contribution in [0.5, 0.6) is 0 Å². The molecular formula is C48H31NO2. The van der Waals surface area contributed by atoms with E-state index in [1.807, 2.05) is 78.9 Å². The summed E-state index contributed by atoms with van der Waals surface area (Å²) in [5.41, 5.74) is 2.78. The van der Waals surface area contributed by atoms with Crippen molar-refractivity contribution in [3.8, 4) is 33.4 Å². The van der Waals surface area contributed by atoms with Crippen LogP contribution < -0.4 is 4.90 Å². The number of nitrogens with zero attached hydrogens (tertiary/aromatic N) is 1. The van der Waals surface area contributed by atoms with E-state index in [0.717, 1.165) is 32.9 Å². The first kappa shape index (κ1) is 18.8.